The first-order valence-electron chi connectivity index (χ1n) is 6.02. The smallest absolute Gasteiger partial charge is 0.239 e. The van der Waals surface area contributed by atoms with Crippen LogP contribution in [-0.4, -0.2) is 36.3 Å². The first-order valence-corrected chi connectivity index (χ1v) is 6.02. The summed E-state index contributed by atoms with van der Waals surface area (Å²) in [5.41, 5.74) is 0.529. The fourth-order valence-electron chi connectivity index (χ4n) is 1.55. The molecule has 0 fully saturated rings. The third-order valence-corrected chi connectivity index (χ3v) is 2.40. The average molecular weight is 249 g/mol. The number of nitrogens with zero attached hydrogens (tertiary/aromatic N) is 2. The van der Waals surface area contributed by atoms with Gasteiger partial charge in [0.05, 0.1) is 6.54 Å². The quantitative estimate of drug-likeness (QED) is 0.771. The van der Waals surface area contributed by atoms with Crippen molar-refractivity contribution in [3.05, 3.63) is 23.9 Å². The van der Waals surface area contributed by atoms with E-state index in [9.17, 15) is 9.59 Å². The van der Waals surface area contributed by atoms with Gasteiger partial charge in [-0.05, 0) is 32.9 Å². The largest absolute Gasteiger partial charge is 0.352 e. The van der Waals surface area contributed by atoms with E-state index in [4.69, 9.17) is 0 Å². The molecular weight excluding hydrogens is 230 g/mol. The second-order valence-electron chi connectivity index (χ2n) is 4.30. The van der Waals surface area contributed by atoms with Gasteiger partial charge >= 0.3 is 0 Å². The van der Waals surface area contributed by atoms with E-state index >= 15 is 0 Å². The summed E-state index contributed by atoms with van der Waals surface area (Å²) in [5, 5.41) is 2.84. The molecule has 1 aromatic heterocycles. The van der Waals surface area contributed by atoms with Crippen LogP contribution in [0, 0.1) is 0 Å². The number of nitrogens with one attached hydrogen (secondary N) is 1. The summed E-state index contributed by atoms with van der Waals surface area (Å²) in [4.78, 5) is 28.2. The van der Waals surface area contributed by atoms with Crippen LogP contribution < -0.4 is 10.2 Å². The van der Waals surface area contributed by atoms with E-state index in [1.54, 1.807) is 12.1 Å². The fourth-order valence-corrected chi connectivity index (χ4v) is 1.55. The maximum absolute atomic E-state index is 11.7. The van der Waals surface area contributed by atoms with Crippen molar-refractivity contribution in [2.24, 2.45) is 0 Å². The van der Waals surface area contributed by atoms with Gasteiger partial charge in [-0.15, -0.1) is 0 Å². The number of likely N-dealkylation sites (N-methyl/N-ethyl adjacent to an activating group) is 1. The normalized spacial score (nSPS) is 10.2. The Balaban J connectivity index is 2.70. The summed E-state index contributed by atoms with van der Waals surface area (Å²) >= 11 is 0. The van der Waals surface area contributed by atoms with E-state index in [1.165, 1.54) is 6.20 Å². The third-order valence-electron chi connectivity index (χ3n) is 2.40. The molecule has 0 spiro atoms. The molecule has 1 amide bonds. The zero-order valence-electron chi connectivity index (χ0n) is 11.0. The molecule has 1 rings (SSSR count). The van der Waals surface area contributed by atoms with Crippen LogP contribution in [0.15, 0.2) is 18.3 Å². The molecule has 0 aliphatic rings. The Bertz CT molecular complexity index is 401. The van der Waals surface area contributed by atoms with Crippen LogP contribution in [-0.2, 0) is 4.79 Å². The maximum Gasteiger partial charge on any atom is 0.239 e. The van der Waals surface area contributed by atoms with Gasteiger partial charge in [0.2, 0.25) is 5.91 Å². The molecule has 5 nitrogen and oxygen atoms in total. The van der Waals surface area contributed by atoms with Crippen molar-refractivity contribution >= 4 is 18.0 Å². The van der Waals surface area contributed by atoms with Crippen LogP contribution in [0.25, 0.3) is 0 Å². The Morgan fingerprint density at radius 2 is 2.22 bits per heavy atom. The molecule has 98 valence electrons. The van der Waals surface area contributed by atoms with Gasteiger partial charge in [0, 0.05) is 24.3 Å². The van der Waals surface area contributed by atoms with Gasteiger partial charge in [-0.3, -0.25) is 9.59 Å². The van der Waals surface area contributed by atoms with Crippen molar-refractivity contribution in [1.82, 2.24) is 10.3 Å². The second-order valence-corrected chi connectivity index (χ2v) is 4.30. The fraction of sp³-hybridized carbons (Fsp3) is 0.462. The predicted molar refractivity (Wildman–Crippen MR) is 70.8 cm³/mol. The monoisotopic (exact) mass is 249 g/mol. The van der Waals surface area contributed by atoms with Gasteiger partial charge in [0.15, 0.2) is 6.29 Å². The van der Waals surface area contributed by atoms with Gasteiger partial charge in [0.1, 0.15) is 5.82 Å². The Hall–Kier alpha value is -1.91. The molecule has 0 saturated carbocycles. The van der Waals surface area contributed by atoms with Crippen molar-refractivity contribution in [3.63, 3.8) is 0 Å². The van der Waals surface area contributed by atoms with Gasteiger partial charge in [0.25, 0.3) is 0 Å². The van der Waals surface area contributed by atoms with Crippen LogP contribution >= 0.6 is 0 Å². The molecule has 1 N–H and O–H groups in total. The Labute approximate surface area is 107 Å². The number of hydrogen-bond donors (Lipinski definition) is 1. The lowest BCUT2D eigenvalue weighted by Gasteiger charge is -2.22. The summed E-state index contributed by atoms with van der Waals surface area (Å²) in [5.74, 6) is 0.662. The minimum atomic E-state index is -0.0342. The molecule has 0 aliphatic carbocycles. The highest BCUT2D eigenvalue weighted by Gasteiger charge is 2.11. The Morgan fingerprint density at radius 1 is 1.50 bits per heavy atom. The highest BCUT2D eigenvalue weighted by atomic mass is 16.2. The van der Waals surface area contributed by atoms with E-state index in [1.807, 2.05) is 25.7 Å². The van der Waals surface area contributed by atoms with Crippen LogP contribution in [0.1, 0.15) is 31.1 Å². The number of aromatic nitrogens is 1. The van der Waals surface area contributed by atoms with E-state index in [-0.39, 0.29) is 18.5 Å². The van der Waals surface area contributed by atoms with Crippen molar-refractivity contribution in [2.45, 2.75) is 26.8 Å². The number of hydrogen-bond acceptors (Lipinski definition) is 4. The van der Waals surface area contributed by atoms with E-state index < -0.39 is 0 Å². The number of rotatable bonds is 6. The predicted octanol–water partition coefficient (Wildman–Crippen LogP) is 1.24. The molecule has 0 bridgehead atoms. The molecule has 1 aromatic rings. The molecule has 0 aromatic carbocycles. The van der Waals surface area contributed by atoms with Gasteiger partial charge in [-0.1, -0.05) is 0 Å². The molecule has 0 aliphatic heterocycles. The molecule has 5 heteroatoms. The maximum atomic E-state index is 11.7. The third kappa shape index (κ3) is 4.16. The first kappa shape index (κ1) is 14.2. The summed E-state index contributed by atoms with van der Waals surface area (Å²) in [6.45, 7) is 6.75. The number of amides is 1. The molecule has 0 atom stereocenters. The van der Waals surface area contributed by atoms with Crippen molar-refractivity contribution < 1.29 is 9.59 Å². The lowest BCUT2D eigenvalue weighted by molar-refractivity contribution is -0.120. The average Bonchev–Trinajstić information content (AvgIpc) is 2.35. The van der Waals surface area contributed by atoms with Crippen molar-refractivity contribution in [1.29, 1.82) is 0 Å². The zero-order chi connectivity index (χ0) is 13.5. The summed E-state index contributed by atoms with van der Waals surface area (Å²) < 4.78 is 0. The van der Waals surface area contributed by atoms with E-state index in [0.29, 0.717) is 17.9 Å². The molecule has 0 unspecified atom stereocenters. The number of aldehydes is 1. The number of carbonyl (C=O) groups excluding carboxylic acids is 2. The van der Waals surface area contributed by atoms with Gasteiger partial charge < -0.3 is 10.2 Å². The number of anilines is 1. The number of pyridine rings is 1. The standard InChI is InChI=1S/C13H19N3O2/c1-4-16(8-13(18)15-10(2)3)12-6-5-11(9-17)7-14-12/h5-7,9-10H,4,8H2,1-3H3,(H,15,18). The van der Waals surface area contributed by atoms with Gasteiger partial charge in [-0.2, -0.15) is 0 Å². The summed E-state index contributed by atoms with van der Waals surface area (Å²) in [6, 6.07) is 3.57. The SMILES string of the molecule is CCN(CC(=O)NC(C)C)c1ccc(C=O)cn1. The Morgan fingerprint density at radius 3 is 2.67 bits per heavy atom. The van der Waals surface area contributed by atoms with Crippen LogP contribution in [0.5, 0.6) is 0 Å². The molecular formula is C13H19N3O2. The van der Waals surface area contributed by atoms with Crippen LogP contribution in [0.3, 0.4) is 0 Å². The number of carbonyl (C=O) groups is 2. The van der Waals surface area contributed by atoms with E-state index in [0.717, 1.165) is 6.29 Å². The van der Waals surface area contributed by atoms with Crippen LogP contribution in [0.2, 0.25) is 0 Å². The Kier molecular flexibility index (Phi) is 5.30. The lowest BCUT2D eigenvalue weighted by atomic mass is 10.3. The molecule has 1 heterocycles. The summed E-state index contributed by atoms with van der Waals surface area (Å²) in [7, 11) is 0. The lowest BCUT2D eigenvalue weighted by Crippen LogP contribution is -2.40. The minimum Gasteiger partial charge on any atom is -0.352 e. The first-order chi connectivity index (χ1) is 8.56. The second kappa shape index (κ2) is 6.74. The van der Waals surface area contributed by atoms with Crippen LogP contribution in [0.4, 0.5) is 5.82 Å². The molecule has 0 radical (unpaired) electrons. The van der Waals surface area contributed by atoms with Gasteiger partial charge in [-0.25, -0.2) is 4.98 Å². The highest BCUT2D eigenvalue weighted by molar-refractivity contribution is 5.81. The molecule has 18 heavy (non-hydrogen) atoms. The van der Waals surface area contributed by atoms with E-state index in [2.05, 4.69) is 10.3 Å². The molecule has 0 saturated heterocycles. The summed E-state index contributed by atoms with van der Waals surface area (Å²) in [6.07, 6.45) is 2.25. The topological polar surface area (TPSA) is 62.3 Å². The van der Waals surface area contributed by atoms with Crippen molar-refractivity contribution in [3.8, 4) is 0 Å². The zero-order valence-corrected chi connectivity index (χ0v) is 11.0. The minimum absolute atomic E-state index is 0.0342. The van der Waals surface area contributed by atoms with Crippen molar-refractivity contribution in [2.75, 3.05) is 18.0 Å². The highest BCUT2D eigenvalue weighted by Crippen LogP contribution is 2.09.